The van der Waals surface area contributed by atoms with Crippen LogP contribution >= 0.6 is 0 Å². The van der Waals surface area contributed by atoms with Gasteiger partial charge in [0.1, 0.15) is 17.5 Å². The zero-order valence-electron chi connectivity index (χ0n) is 13.0. The molecule has 7 heteroatoms. The summed E-state index contributed by atoms with van der Waals surface area (Å²) in [6, 6.07) is 10.0. The van der Waals surface area contributed by atoms with Crippen LogP contribution in [0, 0.1) is 24.1 Å². The molecule has 0 bridgehead atoms. The van der Waals surface area contributed by atoms with E-state index < -0.39 is 34.7 Å². The molecule has 128 valence electrons. The van der Waals surface area contributed by atoms with E-state index in [0.717, 1.165) is 12.1 Å². The Bertz CT molecular complexity index is 879. The Hall–Kier alpha value is -3.14. The van der Waals surface area contributed by atoms with E-state index in [2.05, 4.69) is 5.32 Å². The van der Waals surface area contributed by atoms with Gasteiger partial charge in [0.25, 0.3) is 5.91 Å². The summed E-state index contributed by atoms with van der Waals surface area (Å²) >= 11 is 0. The van der Waals surface area contributed by atoms with Crippen molar-refractivity contribution in [3.8, 4) is 6.07 Å². The van der Waals surface area contributed by atoms with Crippen molar-refractivity contribution in [3.05, 3.63) is 70.5 Å². The summed E-state index contributed by atoms with van der Waals surface area (Å²) < 4.78 is 52.1. The Morgan fingerprint density at radius 1 is 1.20 bits per heavy atom. The lowest BCUT2D eigenvalue weighted by atomic mass is 10.1. The van der Waals surface area contributed by atoms with Crippen LogP contribution in [0.1, 0.15) is 16.7 Å². The van der Waals surface area contributed by atoms with E-state index >= 15 is 0 Å². The van der Waals surface area contributed by atoms with Crippen LogP contribution in [-0.2, 0) is 11.0 Å². The van der Waals surface area contributed by atoms with Crippen LogP contribution in [-0.4, -0.2) is 5.91 Å². The highest BCUT2D eigenvalue weighted by molar-refractivity contribution is 6.10. The molecule has 0 aliphatic heterocycles. The number of para-hydroxylation sites is 1. The molecule has 3 nitrogen and oxygen atoms in total. The van der Waals surface area contributed by atoms with Gasteiger partial charge >= 0.3 is 6.18 Å². The largest absolute Gasteiger partial charge is 0.418 e. The van der Waals surface area contributed by atoms with Crippen molar-refractivity contribution >= 4 is 17.7 Å². The summed E-state index contributed by atoms with van der Waals surface area (Å²) in [7, 11) is 0. The second-order valence-electron chi connectivity index (χ2n) is 5.18. The van der Waals surface area contributed by atoms with Gasteiger partial charge in [-0.3, -0.25) is 4.79 Å². The number of nitrogens with one attached hydrogen (secondary N) is 1. The minimum absolute atomic E-state index is 0.314. The number of carbonyl (C=O) groups is 1. The third-order valence-electron chi connectivity index (χ3n) is 3.34. The molecule has 2 aromatic carbocycles. The number of hydrogen-bond donors (Lipinski definition) is 1. The zero-order chi connectivity index (χ0) is 18.6. The summed E-state index contributed by atoms with van der Waals surface area (Å²) in [6.45, 7) is 1.51. The van der Waals surface area contributed by atoms with Crippen LogP contribution in [0.3, 0.4) is 0 Å². The van der Waals surface area contributed by atoms with E-state index in [-0.39, 0.29) is 0 Å². The molecule has 1 N–H and O–H groups in total. The maximum atomic E-state index is 13.2. The summed E-state index contributed by atoms with van der Waals surface area (Å²) in [5.74, 6) is -1.43. The average Bonchev–Trinajstić information content (AvgIpc) is 2.55. The smallest absolute Gasteiger partial charge is 0.321 e. The van der Waals surface area contributed by atoms with Crippen LogP contribution in [0.2, 0.25) is 0 Å². The van der Waals surface area contributed by atoms with Gasteiger partial charge in [-0.05, 0) is 48.4 Å². The fourth-order valence-corrected chi connectivity index (χ4v) is 2.10. The number of hydrogen-bond acceptors (Lipinski definition) is 2. The first-order valence-corrected chi connectivity index (χ1v) is 7.08. The van der Waals surface area contributed by atoms with Crippen LogP contribution in [0.15, 0.2) is 48.0 Å². The molecule has 0 fully saturated rings. The summed E-state index contributed by atoms with van der Waals surface area (Å²) in [5.41, 5.74) is -1.17. The highest BCUT2D eigenvalue weighted by atomic mass is 19.4. The van der Waals surface area contributed by atoms with E-state index in [0.29, 0.717) is 11.1 Å². The van der Waals surface area contributed by atoms with E-state index in [4.69, 9.17) is 5.26 Å². The number of carbonyl (C=O) groups excluding carboxylic acids is 1. The molecule has 0 spiro atoms. The van der Waals surface area contributed by atoms with Gasteiger partial charge in [-0.2, -0.15) is 18.4 Å². The van der Waals surface area contributed by atoms with Gasteiger partial charge in [-0.1, -0.05) is 18.2 Å². The van der Waals surface area contributed by atoms with Crippen LogP contribution in [0.25, 0.3) is 6.08 Å². The highest BCUT2D eigenvalue weighted by Gasteiger charge is 2.33. The SMILES string of the molecule is Cc1cc(/C=C(/C#N)C(=O)Nc2ccccc2C(F)(F)F)ccc1F. The molecule has 0 aliphatic rings. The average molecular weight is 348 g/mol. The number of rotatable bonds is 3. The number of halogens is 4. The van der Waals surface area contributed by atoms with Gasteiger partial charge in [-0.25, -0.2) is 4.39 Å². The number of nitrogens with zero attached hydrogens (tertiary/aromatic N) is 1. The first-order valence-electron chi connectivity index (χ1n) is 7.08. The number of aryl methyl sites for hydroxylation is 1. The second-order valence-corrected chi connectivity index (χ2v) is 5.18. The van der Waals surface area contributed by atoms with Gasteiger partial charge in [0, 0.05) is 0 Å². The Morgan fingerprint density at radius 3 is 2.48 bits per heavy atom. The lowest BCUT2D eigenvalue weighted by Gasteiger charge is -2.13. The predicted molar refractivity (Wildman–Crippen MR) is 84.8 cm³/mol. The lowest BCUT2D eigenvalue weighted by Crippen LogP contribution is -2.17. The normalized spacial score (nSPS) is 11.8. The Labute approximate surface area is 141 Å². The zero-order valence-corrected chi connectivity index (χ0v) is 13.0. The Kier molecular flexibility index (Phi) is 5.22. The number of benzene rings is 2. The van der Waals surface area contributed by atoms with Gasteiger partial charge < -0.3 is 5.32 Å². The molecule has 0 atom stereocenters. The van der Waals surface area contributed by atoms with Crippen LogP contribution < -0.4 is 5.32 Å². The van der Waals surface area contributed by atoms with E-state index in [1.54, 1.807) is 6.07 Å². The Morgan fingerprint density at radius 2 is 1.88 bits per heavy atom. The van der Waals surface area contributed by atoms with E-state index in [1.807, 2.05) is 0 Å². The summed E-state index contributed by atoms with van der Waals surface area (Å²) in [4.78, 5) is 12.1. The summed E-state index contributed by atoms with van der Waals surface area (Å²) in [6.07, 6.45) is -3.47. The molecule has 0 saturated carbocycles. The minimum atomic E-state index is -4.64. The van der Waals surface area contributed by atoms with Gasteiger partial charge in [0.05, 0.1) is 11.3 Å². The molecule has 0 aromatic heterocycles. The molecule has 0 saturated heterocycles. The fraction of sp³-hybridized carbons (Fsp3) is 0.111. The first-order chi connectivity index (χ1) is 11.7. The molecule has 1 amide bonds. The van der Waals surface area contributed by atoms with Gasteiger partial charge in [-0.15, -0.1) is 0 Å². The molecule has 2 rings (SSSR count). The molecule has 2 aromatic rings. The first kappa shape index (κ1) is 18.2. The monoisotopic (exact) mass is 348 g/mol. The molecule has 0 heterocycles. The maximum Gasteiger partial charge on any atom is 0.418 e. The van der Waals surface area contributed by atoms with Crippen molar-refractivity contribution in [1.29, 1.82) is 5.26 Å². The van der Waals surface area contributed by atoms with Crippen molar-refractivity contribution < 1.29 is 22.4 Å². The molecule has 0 aliphatic carbocycles. The second kappa shape index (κ2) is 7.18. The third-order valence-corrected chi connectivity index (χ3v) is 3.34. The number of amides is 1. The molecular weight excluding hydrogens is 336 g/mol. The predicted octanol–water partition coefficient (Wildman–Crippen LogP) is 4.70. The minimum Gasteiger partial charge on any atom is -0.321 e. The standard InChI is InChI=1S/C18H12F4N2O/c1-11-8-12(6-7-15(11)19)9-13(10-23)17(25)24-16-5-3-2-4-14(16)18(20,21)22/h2-9H,1H3,(H,24,25)/b13-9-. The molecule has 25 heavy (non-hydrogen) atoms. The van der Waals surface area contributed by atoms with Crippen molar-refractivity contribution in [2.75, 3.05) is 5.32 Å². The van der Waals surface area contributed by atoms with Gasteiger partial charge in [0.15, 0.2) is 0 Å². The van der Waals surface area contributed by atoms with Gasteiger partial charge in [0.2, 0.25) is 0 Å². The third kappa shape index (κ3) is 4.44. The summed E-state index contributed by atoms with van der Waals surface area (Å²) in [5, 5.41) is 11.2. The maximum absolute atomic E-state index is 13.2. The molecule has 0 unspecified atom stereocenters. The van der Waals surface area contributed by atoms with Crippen LogP contribution in [0.5, 0.6) is 0 Å². The van der Waals surface area contributed by atoms with E-state index in [1.165, 1.54) is 43.3 Å². The molecular formula is C18H12F4N2O. The Balaban J connectivity index is 2.32. The quantitative estimate of drug-likeness (QED) is 0.497. The number of alkyl halides is 3. The van der Waals surface area contributed by atoms with Crippen molar-refractivity contribution in [2.24, 2.45) is 0 Å². The van der Waals surface area contributed by atoms with Crippen molar-refractivity contribution in [2.45, 2.75) is 13.1 Å². The van der Waals surface area contributed by atoms with Crippen molar-refractivity contribution in [3.63, 3.8) is 0 Å². The highest BCUT2D eigenvalue weighted by Crippen LogP contribution is 2.34. The lowest BCUT2D eigenvalue weighted by molar-refractivity contribution is -0.137. The topological polar surface area (TPSA) is 52.9 Å². The number of anilines is 1. The molecule has 0 radical (unpaired) electrons. The van der Waals surface area contributed by atoms with E-state index in [9.17, 15) is 22.4 Å². The fourth-order valence-electron chi connectivity index (χ4n) is 2.10. The van der Waals surface area contributed by atoms with Crippen LogP contribution in [0.4, 0.5) is 23.2 Å². The van der Waals surface area contributed by atoms with Crippen molar-refractivity contribution in [1.82, 2.24) is 0 Å². The number of nitriles is 1.